The second-order valence-corrected chi connectivity index (χ2v) is 10.4. The number of amides is 1. The number of aryl methyl sites for hydroxylation is 1. The van der Waals surface area contributed by atoms with Crippen molar-refractivity contribution in [2.24, 2.45) is 5.92 Å². The molecule has 7 nitrogen and oxygen atoms in total. The van der Waals surface area contributed by atoms with Gasteiger partial charge >= 0.3 is 0 Å². The van der Waals surface area contributed by atoms with Crippen molar-refractivity contribution in [3.63, 3.8) is 0 Å². The summed E-state index contributed by atoms with van der Waals surface area (Å²) in [7, 11) is -3.55. The maximum absolute atomic E-state index is 13.0. The van der Waals surface area contributed by atoms with Gasteiger partial charge in [-0.25, -0.2) is 8.42 Å². The molecule has 1 fully saturated rings. The average Bonchev–Trinajstić information content (AvgIpc) is 3.13. The molecule has 0 aliphatic carbocycles. The molecule has 1 N–H and O–H groups in total. The van der Waals surface area contributed by atoms with Gasteiger partial charge in [-0.15, -0.1) is 0 Å². The van der Waals surface area contributed by atoms with Gasteiger partial charge < -0.3 is 14.8 Å². The Labute approximate surface area is 189 Å². The van der Waals surface area contributed by atoms with Crippen LogP contribution < -0.4 is 14.8 Å². The molecule has 172 valence electrons. The van der Waals surface area contributed by atoms with E-state index < -0.39 is 10.0 Å². The van der Waals surface area contributed by atoms with E-state index in [4.69, 9.17) is 9.47 Å². The van der Waals surface area contributed by atoms with Gasteiger partial charge in [-0.2, -0.15) is 4.31 Å². The summed E-state index contributed by atoms with van der Waals surface area (Å²) in [6, 6.07) is 10.6. The van der Waals surface area contributed by atoms with Crippen LogP contribution in [-0.4, -0.2) is 44.4 Å². The minimum atomic E-state index is -3.55. The Kier molecular flexibility index (Phi) is 6.44. The molecular formula is C24H30N2O5S. The third-order valence-electron chi connectivity index (χ3n) is 6.04. The van der Waals surface area contributed by atoms with Crippen LogP contribution in [0.4, 0.5) is 5.69 Å². The van der Waals surface area contributed by atoms with Gasteiger partial charge in [0.15, 0.2) is 0 Å². The molecule has 0 spiro atoms. The largest absolute Gasteiger partial charge is 0.492 e. The highest BCUT2D eigenvalue weighted by atomic mass is 32.2. The second-order valence-electron chi connectivity index (χ2n) is 8.50. The van der Waals surface area contributed by atoms with Gasteiger partial charge in [0.2, 0.25) is 15.9 Å². The van der Waals surface area contributed by atoms with Crippen LogP contribution in [0.15, 0.2) is 41.3 Å². The molecule has 4 rings (SSSR count). The average molecular weight is 459 g/mol. The van der Waals surface area contributed by atoms with Gasteiger partial charge in [0.05, 0.1) is 17.2 Å². The lowest BCUT2D eigenvalue weighted by Crippen LogP contribution is -2.41. The Morgan fingerprint density at radius 3 is 2.53 bits per heavy atom. The molecule has 2 aliphatic heterocycles. The summed E-state index contributed by atoms with van der Waals surface area (Å²) in [5, 5.41) is 2.99. The zero-order chi connectivity index (χ0) is 22.9. The molecule has 1 amide bonds. The highest BCUT2D eigenvalue weighted by Gasteiger charge is 2.32. The van der Waals surface area contributed by atoms with Gasteiger partial charge in [0, 0.05) is 37.1 Å². The smallest absolute Gasteiger partial charge is 0.243 e. The first kappa shape index (κ1) is 22.6. The Balaban J connectivity index is 1.42. The van der Waals surface area contributed by atoms with E-state index in [9.17, 15) is 13.2 Å². The number of hydrogen-bond donors (Lipinski definition) is 1. The third kappa shape index (κ3) is 4.61. The first-order chi connectivity index (χ1) is 15.3. The van der Waals surface area contributed by atoms with E-state index >= 15 is 0 Å². The van der Waals surface area contributed by atoms with E-state index in [1.165, 1.54) is 4.31 Å². The van der Waals surface area contributed by atoms with Crippen molar-refractivity contribution in [3.05, 3.63) is 47.5 Å². The number of carbonyl (C=O) groups is 1. The molecule has 32 heavy (non-hydrogen) atoms. The lowest BCUT2D eigenvalue weighted by molar-refractivity contribution is -0.120. The van der Waals surface area contributed by atoms with Crippen LogP contribution in [0.3, 0.4) is 0 Å². The number of rotatable bonds is 6. The minimum Gasteiger partial charge on any atom is -0.492 e. The molecule has 2 aliphatic rings. The maximum Gasteiger partial charge on any atom is 0.243 e. The summed E-state index contributed by atoms with van der Waals surface area (Å²) < 4.78 is 38.9. The number of anilines is 1. The van der Waals surface area contributed by atoms with Gasteiger partial charge in [0.25, 0.3) is 0 Å². The van der Waals surface area contributed by atoms with Crippen molar-refractivity contribution < 1.29 is 22.7 Å². The Bertz CT molecular complexity index is 1090. The number of benzene rings is 2. The summed E-state index contributed by atoms with van der Waals surface area (Å²) in [6.45, 7) is 6.96. The van der Waals surface area contributed by atoms with Crippen molar-refractivity contribution in [2.75, 3.05) is 25.0 Å². The number of nitrogens with zero attached hydrogens (tertiary/aromatic N) is 1. The monoisotopic (exact) mass is 458 g/mol. The van der Waals surface area contributed by atoms with Crippen LogP contribution in [0.5, 0.6) is 11.5 Å². The van der Waals surface area contributed by atoms with Crippen molar-refractivity contribution in [3.8, 4) is 11.5 Å². The summed E-state index contributed by atoms with van der Waals surface area (Å²) >= 11 is 0. The van der Waals surface area contributed by atoms with E-state index in [2.05, 4.69) is 5.32 Å². The van der Waals surface area contributed by atoms with E-state index in [1.54, 1.807) is 24.3 Å². The van der Waals surface area contributed by atoms with Crippen LogP contribution in [0.25, 0.3) is 0 Å². The fraction of sp³-hybridized carbons (Fsp3) is 0.458. The first-order valence-electron chi connectivity index (χ1n) is 11.1. The van der Waals surface area contributed by atoms with Crippen LogP contribution in [0.2, 0.25) is 0 Å². The lowest BCUT2D eigenvalue weighted by Gasteiger charge is -2.30. The fourth-order valence-electron chi connectivity index (χ4n) is 4.26. The van der Waals surface area contributed by atoms with E-state index in [-0.39, 0.29) is 17.9 Å². The number of sulfonamides is 1. The van der Waals surface area contributed by atoms with Gasteiger partial charge in [-0.1, -0.05) is 17.7 Å². The third-order valence-corrected chi connectivity index (χ3v) is 7.95. The topological polar surface area (TPSA) is 84.9 Å². The Morgan fingerprint density at radius 2 is 1.88 bits per heavy atom. The van der Waals surface area contributed by atoms with E-state index in [1.807, 2.05) is 32.9 Å². The molecule has 2 aromatic rings. The number of fused-ring (bicyclic) bond motifs is 1. The molecule has 1 atom stereocenters. The highest BCUT2D eigenvalue weighted by Crippen LogP contribution is 2.38. The Morgan fingerprint density at radius 1 is 1.19 bits per heavy atom. The van der Waals surface area contributed by atoms with Crippen LogP contribution in [0.1, 0.15) is 37.8 Å². The predicted octanol–water partition coefficient (Wildman–Crippen LogP) is 3.76. The van der Waals surface area contributed by atoms with E-state index in [0.29, 0.717) is 48.9 Å². The van der Waals surface area contributed by atoms with Crippen molar-refractivity contribution in [2.45, 2.75) is 51.0 Å². The van der Waals surface area contributed by atoms with Gasteiger partial charge in [-0.05, 0) is 51.8 Å². The fourth-order valence-corrected chi connectivity index (χ4v) is 5.73. The summed E-state index contributed by atoms with van der Waals surface area (Å²) in [6.07, 6.45) is 1.86. The Hall–Kier alpha value is -2.58. The molecule has 0 saturated carbocycles. The first-order valence-corrected chi connectivity index (χ1v) is 12.6. The van der Waals surface area contributed by atoms with Gasteiger partial charge in [0.1, 0.15) is 17.6 Å². The maximum atomic E-state index is 13.0. The van der Waals surface area contributed by atoms with Crippen molar-refractivity contribution in [1.29, 1.82) is 0 Å². The van der Waals surface area contributed by atoms with Gasteiger partial charge in [-0.3, -0.25) is 4.79 Å². The molecule has 1 saturated heterocycles. The summed E-state index contributed by atoms with van der Waals surface area (Å²) in [4.78, 5) is 13.3. The van der Waals surface area contributed by atoms with Crippen LogP contribution in [0, 0.1) is 12.8 Å². The SMILES string of the molecule is CCOc1cc2c(cc1NC(=O)C1CCN(S(=O)(=O)c3ccc(C)cc3)CC1)OC(C)C2. The second kappa shape index (κ2) is 9.11. The highest BCUT2D eigenvalue weighted by molar-refractivity contribution is 7.89. The molecule has 2 aromatic carbocycles. The van der Waals surface area contributed by atoms with Crippen LogP contribution >= 0.6 is 0 Å². The van der Waals surface area contributed by atoms with E-state index in [0.717, 1.165) is 23.3 Å². The zero-order valence-electron chi connectivity index (χ0n) is 18.8. The van der Waals surface area contributed by atoms with Crippen LogP contribution in [-0.2, 0) is 21.2 Å². The normalized spacial score (nSPS) is 19.3. The zero-order valence-corrected chi connectivity index (χ0v) is 19.6. The summed E-state index contributed by atoms with van der Waals surface area (Å²) in [5.41, 5.74) is 2.69. The molecule has 0 aromatic heterocycles. The molecule has 8 heteroatoms. The molecule has 0 bridgehead atoms. The molecule has 2 heterocycles. The predicted molar refractivity (Wildman–Crippen MR) is 123 cm³/mol. The molecule has 1 unspecified atom stereocenters. The number of piperidine rings is 1. The lowest BCUT2D eigenvalue weighted by atomic mass is 9.97. The summed E-state index contributed by atoms with van der Waals surface area (Å²) in [5.74, 6) is 1.03. The number of hydrogen-bond acceptors (Lipinski definition) is 5. The number of carbonyl (C=O) groups excluding carboxylic acids is 1. The quantitative estimate of drug-likeness (QED) is 0.713. The number of ether oxygens (including phenoxy) is 2. The number of nitrogens with one attached hydrogen (secondary N) is 1. The molecule has 0 radical (unpaired) electrons. The molecular weight excluding hydrogens is 428 g/mol. The standard InChI is InChI=1S/C24H30N2O5S/c1-4-30-23-14-19-13-17(3)31-22(19)15-21(23)25-24(27)18-9-11-26(12-10-18)32(28,29)20-7-5-16(2)6-8-20/h5-8,14-15,17-18H,4,9-13H2,1-3H3,(H,25,27). The van der Waals surface area contributed by atoms with Crippen molar-refractivity contribution in [1.82, 2.24) is 4.31 Å². The van der Waals surface area contributed by atoms with Crippen molar-refractivity contribution >= 4 is 21.6 Å². The minimum absolute atomic E-state index is 0.102.